The fourth-order valence-corrected chi connectivity index (χ4v) is 3.31. The van der Waals surface area contributed by atoms with Crippen molar-refractivity contribution in [1.82, 2.24) is 20.0 Å². The van der Waals surface area contributed by atoms with E-state index in [4.69, 9.17) is 11.6 Å². The number of halogens is 4. The third kappa shape index (κ3) is 4.64. The maximum Gasteiger partial charge on any atom is 0.573 e. The Labute approximate surface area is 179 Å². The Hall–Kier alpha value is -3.53. The first-order chi connectivity index (χ1) is 14.7. The van der Waals surface area contributed by atoms with Gasteiger partial charge in [0.1, 0.15) is 12.3 Å². The van der Waals surface area contributed by atoms with Crippen molar-refractivity contribution >= 4 is 23.4 Å². The molecule has 7 nitrogen and oxygen atoms in total. The normalized spacial score (nSPS) is 13.9. The van der Waals surface area contributed by atoms with Gasteiger partial charge in [-0.2, -0.15) is 5.10 Å². The molecule has 1 aromatic heterocycles. The summed E-state index contributed by atoms with van der Waals surface area (Å²) in [7, 11) is 0. The van der Waals surface area contributed by atoms with Crippen LogP contribution in [0.25, 0.3) is 16.9 Å². The van der Waals surface area contributed by atoms with Gasteiger partial charge in [0.25, 0.3) is 5.91 Å². The molecule has 2 heterocycles. The molecule has 2 aromatic carbocycles. The monoisotopic (exact) mass is 450 g/mol. The van der Waals surface area contributed by atoms with Gasteiger partial charge in [0.2, 0.25) is 5.91 Å². The van der Waals surface area contributed by atoms with E-state index in [0.717, 1.165) is 12.1 Å². The van der Waals surface area contributed by atoms with E-state index in [1.54, 1.807) is 24.3 Å². The highest BCUT2D eigenvalue weighted by atomic mass is 35.5. The molecular formula is C20H14ClF3N4O3. The highest BCUT2D eigenvalue weighted by Gasteiger charge is 2.31. The fraction of sp³-hybridized carbons (Fsp3) is 0.150. The number of benzene rings is 2. The second-order valence-corrected chi connectivity index (χ2v) is 7.08. The predicted octanol–water partition coefficient (Wildman–Crippen LogP) is 3.62. The van der Waals surface area contributed by atoms with E-state index in [-0.39, 0.29) is 30.5 Å². The van der Waals surface area contributed by atoms with Crippen LogP contribution in [0.3, 0.4) is 0 Å². The molecule has 4 rings (SSSR count). The van der Waals surface area contributed by atoms with Crippen LogP contribution in [0.15, 0.2) is 54.6 Å². The van der Waals surface area contributed by atoms with Crippen LogP contribution >= 0.6 is 11.6 Å². The van der Waals surface area contributed by atoms with Crippen molar-refractivity contribution in [3.05, 3.63) is 65.3 Å². The number of ether oxygens (including phenoxy) is 1. The van der Waals surface area contributed by atoms with Crippen LogP contribution in [0.2, 0.25) is 5.02 Å². The highest BCUT2D eigenvalue weighted by molar-refractivity contribution is 6.30. The molecule has 0 saturated carbocycles. The molecule has 2 amide bonds. The molecule has 0 radical (unpaired) electrons. The summed E-state index contributed by atoms with van der Waals surface area (Å²) >= 11 is 6.08. The van der Waals surface area contributed by atoms with Crippen LogP contribution in [0, 0.1) is 0 Å². The molecule has 1 N–H and O–H groups in total. The zero-order valence-electron chi connectivity index (χ0n) is 15.7. The second-order valence-electron chi connectivity index (χ2n) is 6.64. The van der Waals surface area contributed by atoms with Gasteiger partial charge in [-0.05, 0) is 30.3 Å². The number of carbonyl (C=O) groups excluding carboxylic acids is 2. The van der Waals surface area contributed by atoms with Crippen molar-refractivity contribution < 1.29 is 27.5 Å². The minimum absolute atomic E-state index is 0.0219. The Morgan fingerprint density at radius 1 is 1.13 bits per heavy atom. The van der Waals surface area contributed by atoms with E-state index in [1.165, 1.54) is 27.8 Å². The van der Waals surface area contributed by atoms with Gasteiger partial charge in [-0.25, -0.2) is 4.68 Å². The summed E-state index contributed by atoms with van der Waals surface area (Å²) in [6.07, 6.45) is -4.85. The van der Waals surface area contributed by atoms with Crippen molar-refractivity contribution in [2.24, 2.45) is 0 Å². The van der Waals surface area contributed by atoms with E-state index >= 15 is 0 Å². The molecule has 0 spiro atoms. The topological polar surface area (TPSA) is 76.5 Å². The summed E-state index contributed by atoms with van der Waals surface area (Å²) < 4.78 is 43.2. The van der Waals surface area contributed by atoms with E-state index in [9.17, 15) is 22.8 Å². The molecule has 1 saturated heterocycles. The zero-order valence-corrected chi connectivity index (χ0v) is 16.4. The van der Waals surface area contributed by atoms with E-state index in [1.807, 2.05) is 0 Å². The average molecular weight is 451 g/mol. The minimum Gasteiger partial charge on any atom is -0.406 e. The summed E-state index contributed by atoms with van der Waals surface area (Å²) in [4.78, 5) is 25.5. The van der Waals surface area contributed by atoms with E-state index < -0.39 is 18.0 Å². The minimum atomic E-state index is -4.85. The third-order valence-corrected chi connectivity index (χ3v) is 4.67. The van der Waals surface area contributed by atoms with Crippen LogP contribution in [-0.2, 0) is 4.79 Å². The van der Waals surface area contributed by atoms with Crippen molar-refractivity contribution in [3.63, 3.8) is 0 Å². The third-order valence-electron chi connectivity index (χ3n) is 4.43. The molecule has 3 aromatic rings. The standard InChI is InChI=1S/C20H14ClF3N4O3/c21-13-4-1-3-12(7-13)17-9-16(19(30)27-10-18(29)25-11-27)26-28(17)14-5-2-6-15(8-14)31-20(22,23)24/h1-9H,10-11H2,(H,25,29). The second kappa shape index (κ2) is 7.95. The number of hydrogen-bond acceptors (Lipinski definition) is 4. The van der Waals surface area contributed by atoms with Crippen molar-refractivity contribution in [3.8, 4) is 22.7 Å². The summed E-state index contributed by atoms with van der Waals surface area (Å²) in [6.45, 7) is -0.0565. The predicted molar refractivity (Wildman–Crippen MR) is 105 cm³/mol. The highest BCUT2D eigenvalue weighted by Crippen LogP contribution is 2.29. The fourth-order valence-electron chi connectivity index (χ4n) is 3.12. The molecule has 11 heteroatoms. The SMILES string of the molecule is O=C1CN(C(=O)c2cc(-c3cccc(Cl)c3)n(-c3cccc(OC(F)(F)F)c3)n2)CN1. The molecule has 0 aliphatic carbocycles. The zero-order chi connectivity index (χ0) is 22.2. The van der Waals surface area contributed by atoms with Crippen LogP contribution in [0.1, 0.15) is 10.5 Å². The van der Waals surface area contributed by atoms with Gasteiger partial charge >= 0.3 is 6.36 Å². The van der Waals surface area contributed by atoms with Gasteiger partial charge < -0.3 is 15.0 Å². The maximum atomic E-state index is 12.8. The lowest BCUT2D eigenvalue weighted by molar-refractivity contribution is -0.274. The molecule has 1 aliphatic heterocycles. The first-order valence-electron chi connectivity index (χ1n) is 8.98. The number of nitrogens with one attached hydrogen (secondary N) is 1. The van der Waals surface area contributed by atoms with Crippen molar-refractivity contribution in [2.45, 2.75) is 6.36 Å². The summed E-state index contributed by atoms with van der Waals surface area (Å²) in [6, 6.07) is 13.4. The Morgan fingerprint density at radius 2 is 1.90 bits per heavy atom. The Balaban J connectivity index is 1.79. The van der Waals surface area contributed by atoms with Crippen molar-refractivity contribution in [1.29, 1.82) is 0 Å². The lowest BCUT2D eigenvalue weighted by Crippen LogP contribution is -2.30. The van der Waals surface area contributed by atoms with Gasteiger partial charge in [-0.15, -0.1) is 13.2 Å². The Bertz CT molecular complexity index is 1160. The molecule has 160 valence electrons. The van der Waals surface area contributed by atoms with Crippen LogP contribution in [0.4, 0.5) is 13.2 Å². The van der Waals surface area contributed by atoms with Gasteiger partial charge in [0.05, 0.1) is 18.1 Å². The average Bonchev–Trinajstić information content (AvgIpc) is 3.33. The summed E-state index contributed by atoms with van der Waals surface area (Å²) in [5.74, 6) is -1.22. The van der Waals surface area contributed by atoms with Crippen LogP contribution in [-0.4, -0.2) is 46.1 Å². The number of amides is 2. The molecule has 1 fully saturated rings. The molecule has 0 bridgehead atoms. The lowest BCUT2D eigenvalue weighted by atomic mass is 10.1. The number of alkyl halides is 3. The Morgan fingerprint density at radius 3 is 2.58 bits per heavy atom. The van der Waals surface area contributed by atoms with Gasteiger partial charge in [0.15, 0.2) is 5.69 Å². The Kier molecular flexibility index (Phi) is 5.32. The summed E-state index contributed by atoms with van der Waals surface area (Å²) in [5.41, 5.74) is 1.28. The van der Waals surface area contributed by atoms with Crippen LogP contribution in [0.5, 0.6) is 5.75 Å². The molecule has 0 unspecified atom stereocenters. The first-order valence-corrected chi connectivity index (χ1v) is 9.35. The quantitative estimate of drug-likeness (QED) is 0.658. The molecule has 31 heavy (non-hydrogen) atoms. The van der Waals surface area contributed by atoms with Crippen molar-refractivity contribution in [2.75, 3.05) is 13.2 Å². The number of nitrogens with zero attached hydrogens (tertiary/aromatic N) is 3. The first kappa shape index (κ1) is 20.7. The van der Waals surface area contributed by atoms with Gasteiger partial charge in [-0.1, -0.05) is 29.8 Å². The van der Waals surface area contributed by atoms with E-state index in [0.29, 0.717) is 16.3 Å². The number of aromatic nitrogens is 2. The smallest absolute Gasteiger partial charge is 0.406 e. The maximum absolute atomic E-state index is 12.8. The molecular weight excluding hydrogens is 437 g/mol. The molecule has 0 atom stereocenters. The number of hydrogen-bond donors (Lipinski definition) is 1. The number of carbonyl (C=O) groups is 2. The van der Waals surface area contributed by atoms with E-state index in [2.05, 4.69) is 15.2 Å². The van der Waals surface area contributed by atoms with Gasteiger partial charge in [-0.3, -0.25) is 9.59 Å². The van der Waals surface area contributed by atoms with Crippen LogP contribution < -0.4 is 10.1 Å². The number of rotatable bonds is 4. The lowest BCUT2D eigenvalue weighted by Gasteiger charge is -2.12. The van der Waals surface area contributed by atoms with Gasteiger partial charge in [0, 0.05) is 16.7 Å². The largest absolute Gasteiger partial charge is 0.573 e. The molecule has 1 aliphatic rings. The summed E-state index contributed by atoms with van der Waals surface area (Å²) in [5, 5.41) is 7.26.